The summed E-state index contributed by atoms with van der Waals surface area (Å²) in [7, 11) is 12.9. The number of thioether (sulfide) groups is 1. The summed E-state index contributed by atoms with van der Waals surface area (Å²) in [5.41, 5.74) is 1.50. The van der Waals surface area contributed by atoms with Gasteiger partial charge in [-0.25, -0.2) is 9.59 Å². The lowest BCUT2D eigenvalue weighted by Gasteiger charge is -2.39. The highest BCUT2D eigenvalue weighted by Crippen LogP contribution is 2.25. The van der Waals surface area contributed by atoms with Gasteiger partial charge in [0.25, 0.3) is 5.91 Å². The number of unbranched alkanes of at least 4 members (excludes halogenated alkanes) is 4. The Morgan fingerprint density at radius 3 is 1.56 bits per heavy atom. The molecule has 1 rings (SSSR count). The highest BCUT2D eigenvalue weighted by atomic mass is 32.2. The van der Waals surface area contributed by atoms with E-state index < -0.39 is 131 Å². The molecule has 0 aliphatic carbocycles. The summed E-state index contributed by atoms with van der Waals surface area (Å²) in [5.74, 6) is -6.49. The molecule has 0 aliphatic heterocycles. The molecule has 1 aromatic rings. The average Bonchev–Trinajstić information content (AvgIpc) is 0.816. The number of benzene rings is 1. The molecule has 10 atom stereocenters. The van der Waals surface area contributed by atoms with Crippen molar-refractivity contribution in [3.63, 3.8) is 0 Å². The SMILES string of the molecule is CC[C@H](NC(=O)C(C[C@H](C)CCCCCCNCc1ccc(C(=O)OC)cc1)N(C)C(=O)[C@H](C(C)C)N(C)C(=O)N(C)C(=O)[C@H](CC(C)C)N(C)C=O)C(=O)N(C)[C@H](CSCCCCO)C(=O)N(C)[C@@H](CC(C)C)C(=O)N[C@H](C(=O)N(C)[C@@H](CC(C)C)C(=O)N[C@H](C)C(=O)NC)C(C)C. The fraction of sp³-hybridized carbons (Fsp3) is 0.750. The number of ether oxygens (including phenoxy) is 1. The molecule has 6 N–H and O–H groups in total. The highest BCUT2D eigenvalue weighted by Gasteiger charge is 2.43. The molecule has 0 saturated heterocycles. The summed E-state index contributed by atoms with van der Waals surface area (Å²) in [6, 6.07) is -3.56. The predicted octanol–water partition coefficient (Wildman–Crippen LogP) is 5.77. The number of esters is 1. The third kappa shape index (κ3) is 29.3. The maximum absolute atomic E-state index is 15.3. The third-order valence-electron chi connectivity index (χ3n) is 18.1. The van der Waals surface area contributed by atoms with Crippen LogP contribution in [-0.4, -0.2) is 254 Å². The van der Waals surface area contributed by atoms with Gasteiger partial charge in [-0.15, -0.1) is 0 Å². The van der Waals surface area contributed by atoms with E-state index in [0.717, 1.165) is 42.7 Å². The summed E-state index contributed by atoms with van der Waals surface area (Å²) in [6.07, 6.45) is 6.71. The molecule has 12 amide bonds. The van der Waals surface area contributed by atoms with Gasteiger partial charge in [0.15, 0.2) is 0 Å². The quantitative estimate of drug-likeness (QED) is 0.0256. The van der Waals surface area contributed by atoms with Crippen molar-refractivity contribution in [2.45, 2.75) is 228 Å². The zero-order valence-electron chi connectivity index (χ0n) is 63.9. The van der Waals surface area contributed by atoms with Crippen molar-refractivity contribution in [1.29, 1.82) is 0 Å². The van der Waals surface area contributed by atoms with Gasteiger partial charge in [-0.2, -0.15) is 11.8 Å². The fourth-order valence-electron chi connectivity index (χ4n) is 11.8. The second-order valence-corrected chi connectivity index (χ2v) is 29.6. The van der Waals surface area contributed by atoms with Crippen molar-refractivity contribution in [1.82, 2.24) is 60.9 Å². The van der Waals surface area contributed by atoms with Crippen LogP contribution in [0.3, 0.4) is 0 Å². The molecule has 0 bridgehead atoms. The standard InChI is InChI=1S/C72H126N12O14S/c1-23-54(66(91)82(19)59(43-99-37-29-28-36-85)68(93)79(16)56(39-46(4)5)65(90)77-60(48(8)9)69(94)80(17)55(38-45(2)3)63(88)75-51(13)62(87)73-14)76-64(89)57(41-50(12)30-26-24-25-27-35-74-42-52-31-33-53(34-32-52)71(96)98-22)81(18)70(95)61(49(10)11)83(20)72(97)84(21)67(92)58(40-47(6)7)78(15)44-86/h31-34,44-51,54-61,74,85H,23-30,35-43H2,1-22H3,(H,73,87)(H,75,88)(H,76,89)(H,77,90)/t50-,51-,54+,55+,56+,57?,58+,59-,60+,61+/m1/s1. The van der Waals surface area contributed by atoms with E-state index in [1.54, 1.807) is 46.8 Å². The van der Waals surface area contributed by atoms with E-state index in [9.17, 15) is 43.5 Å². The van der Waals surface area contributed by atoms with Crippen molar-refractivity contribution in [3.8, 4) is 0 Å². The molecule has 1 unspecified atom stereocenters. The summed E-state index contributed by atoms with van der Waals surface area (Å²) in [4.78, 5) is 177. The number of amides is 12. The number of nitrogens with zero attached hydrogens (tertiary/aromatic N) is 7. The van der Waals surface area contributed by atoms with Gasteiger partial charge in [-0.05, 0) is 124 Å². The molecule has 1 aromatic carbocycles. The Bertz CT molecular complexity index is 2740. The van der Waals surface area contributed by atoms with Gasteiger partial charge in [0.05, 0.1) is 12.7 Å². The number of methoxy groups -OCH3 is 1. The van der Waals surface area contributed by atoms with E-state index in [-0.39, 0.29) is 68.1 Å². The fourth-order valence-corrected chi connectivity index (χ4v) is 13.0. The molecule has 0 heterocycles. The third-order valence-corrected chi connectivity index (χ3v) is 19.2. The van der Waals surface area contributed by atoms with Crippen LogP contribution >= 0.6 is 11.8 Å². The molecule has 0 saturated carbocycles. The Hall–Kier alpha value is -6.87. The molecule has 26 nitrogen and oxygen atoms in total. The van der Waals surface area contributed by atoms with E-state index >= 15 is 19.2 Å². The molecule has 0 spiro atoms. The number of hydrogen-bond donors (Lipinski definition) is 6. The summed E-state index contributed by atoms with van der Waals surface area (Å²) in [5, 5.41) is 24.1. The van der Waals surface area contributed by atoms with Gasteiger partial charge in [0.2, 0.25) is 53.7 Å². The number of likely N-dealkylation sites (N-methyl/N-ethyl adjacent to an activating group) is 8. The van der Waals surface area contributed by atoms with Crippen LogP contribution in [0.25, 0.3) is 0 Å². The summed E-state index contributed by atoms with van der Waals surface area (Å²) >= 11 is 1.38. The Morgan fingerprint density at radius 2 is 1.05 bits per heavy atom. The molecular weight excluding hydrogens is 1290 g/mol. The van der Waals surface area contributed by atoms with Crippen LogP contribution in [0.4, 0.5) is 4.79 Å². The topological polar surface area (TPSA) is 317 Å². The zero-order valence-corrected chi connectivity index (χ0v) is 64.7. The Kier molecular flexibility index (Phi) is 41.7. The lowest BCUT2D eigenvalue weighted by atomic mass is 9.93. The van der Waals surface area contributed by atoms with Crippen LogP contribution in [0.15, 0.2) is 24.3 Å². The first kappa shape index (κ1) is 90.1. The minimum atomic E-state index is -1.23. The monoisotopic (exact) mass is 1410 g/mol. The number of carbonyl (C=O) groups excluding carboxylic acids is 12. The van der Waals surface area contributed by atoms with Crippen LogP contribution in [0, 0.1) is 35.5 Å². The van der Waals surface area contributed by atoms with Crippen LogP contribution in [0.2, 0.25) is 0 Å². The van der Waals surface area contributed by atoms with Crippen molar-refractivity contribution in [2.75, 3.05) is 88.1 Å². The second kappa shape index (κ2) is 45.8. The van der Waals surface area contributed by atoms with Crippen LogP contribution in [-0.2, 0) is 59.2 Å². The maximum Gasteiger partial charge on any atom is 0.337 e. The number of imide groups is 1. The molecule has 564 valence electrons. The molecule has 0 radical (unpaired) electrons. The molecule has 0 fully saturated rings. The Morgan fingerprint density at radius 1 is 0.545 bits per heavy atom. The van der Waals surface area contributed by atoms with E-state index in [0.29, 0.717) is 43.5 Å². The first-order valence-electron chi connectivity index (χ1n) is 35.4. The molecule has 27 heteroatoms. The van der Waals surface area contributed by atoms with Gasteiger partial charge in [0.1, 0.15) is 54.4 Å². The van der Waals surface area contributed by atoms with E-state index in [1.165, 1.54) is 112 Å². The van der Waals surface area contributed by atoms with Gasteiger partial charge in [-0.3, -0.25) is 52.8 Å². The van der Waals surface area contributed by atoms with Gasteiger partial charge >= 0.3 is 12.0 Å². The number of hydrogen-bond acceptors (Lipinski definition) is 16. The minimum Gasteiger partial charge on any atom is -0.465 e. The summed E-state index contributed by atoms with van der Waals surface area (Å²) < 4.78 is 4.80. The molecule has 99 heavy (non-hydrogen) atoms. The lowest BCUT2D eigenvalue weighted by molar-refractivity contribution is -0.150. The van der Waals surface area contributed by atoms with Crippen molar-refractivity contribution >= 4 is 83.3 Å². The van der Waals surface area contributed by atoms with E-state index in [4.69, 9.17) is 4.74 Å². The first-order valence-corrected chi connectivity index (χ1v) is 36.5. The molecular formula is C72H126N12O14S. The molecule has 0 aromatic heterocycles. The average molecular weight is 1420 g/mol. The van der Waals surface area contributed by atoms with Crippen molar-refractivity contribution < 1.29 is 67.4 Å². The normalized spacial score (nSPS) is 14.5. The highest BCUT2D eigenvalue weighted by molar-refractivity contribution is 7.99. The smallest absolute Gasteiger partial charge is 0.337 e. The second-order valence-electron chi connectivity index (χ2n) is 28.5. The zero-order chi connectivity index (χ0) is 75.7. The van der Waals surface area contributed by atoms with Crippen molar-refractivity contribution in [2.24, 2.45) is 35.5 Å². The van der Waals surface area contributed by atoms with Gasteiger partial charge in [0, 0.05) is 75.3 Å². The largest absolute Gasteiger partial charge is 0.465 e. The Balaban J connectivity index is 3.81. The van der Waals surface area contributed by atoms with E-state index in [1.807, 2.05) is 60.6 Å². The Labute approximate surface area is 596 Å². The lowest BCUT2D eigenvalue weighted by Crippen LogP contribution is -2.62. The van der Waals surface area contributed by atoms with Crippen LogP contribution in [0.1, 0.15) is 183 Å². The number of carbonyl (C=O) groups is 12. The van der Waals surface area contributed by atoms with E-state index in [2.05, 4.69) is 26.6 Å². The first-order chi connectivity index (χ1) is 46.4. The predicted molar refractivity (Wildman–Crippen MR) is 387 cm³/mol. The summed E-state index contributed by atoms with van der Waals surface area (Å²) in [6.45, 7) is 24.9. The van der Waals surface area contributed by atoms with Gasteiger partial charge < -0.3 is 65.8 Å². The number of aliphatic hydroxyl groups is 1. The number of nitrogens with one attached hydrogen (secondary N) is 5. The van der Waals surface area contributed by atoms with Gasteiger partial charge in [-0.1, -0.05) is 121 Å². The van der Waals surface area contributed by atoms with Crippen LogP contribution < -0.4 is 26.6 Å². The maximum atomic E-state index is 15.3. The number of rotatable bonds is 46. The number of urea groups is 1. The van der Waals surface area contributed by atoms with Crippen LogP contribution in [0.5, 0.6) is 0 Å². The molecule has 0 aliphatic rings. The number of aliphatic hydroxyl groups excluding tert-OH is 1. The van der Waals surface area contributed by atoms with Crippen molar-refractivity contribution in [3.05, 3.63) is 35.4 Å². The minimum absolute atomic E-state index is 0.00955.